The van der Waals surface area contributed by atoms with E-state index in [0.29, 0.717) is 21.8 Å². The Morgan fingerprint density at radius 3 is 2.57 bits per heavy atom. The van der Waals surface area contributed by atoms with Crippen molar-refractivity contribution in [2.24, 2.45) is 0 Å². The Balaban J connectivity index is 1.55. The Kier molecular flexibility index (Phi) is 4.95. The SMILES string of the molecule is Cc1c(Cl)cccc1NC(=O)CN1C(=O)NC(C)(c2ccc3ccccc3c2)C1=O. The lowest BCUT2D eigenvalue weighted by Gasteiger charge is -2.22. The molecule has 4 amide bonds. The average Bonchev–Trinajstić information content (AvgIpc) is 2.95. The van der Waals surface area contributed by atoms with E-state index in [1.165, 1.54) is 0 Å². The number of hydrogen-bond donors (Lipinski definition) is 2. The number of anilines is 1. The van der Waals surface area contributed by atoms with Crippen molar-refractivity contribution in [3.63, 3.8) is 0 Å². The van der Waals surface area contributed by atoms with E-state index in [0.717, 1.165) is 15.7 Å². The first-order chi connectivity index (χ1) is 14.3. The van der Waals surface area contributed by atoms with Gasteiger partial charge in [0, 0.05) is 10.7 Å². The van der Waals surface area contributed by atoms with E-state index in [2.05, 4.69) is 10.6 Å². The summed E-state index contributed by atoms with van der Waals surface area (Å²) in [6, 6.07) is 17.9. The first-order valence-electron chi connectivity index (χ1n) is 9.48. The molecule has 0 bridgehead atoms. The lowest BCUT2D eigenvalue weighted by Crippen LogP contribution is -2.42. The van der Waals surface area contributed by atoms with Crippen LogP contribution in [0.5, 0.6) is 0 Å². The Morgan fingerprint density at radius 2 is 1.80 bits per heavy atom. The highest BCUT2D eigenvalue weighted by molar-refractivity contribution is 6.31. The van der Waals surface area contributed by atoms with E-state index in [1.54, 1.807) is 32.0 Å². The van der Waals surface area contributed by atoms with Crippen LogP contribution in [0.2, 0.25) is 5.02 Å². The third-order valence-corrected chi connectivity index (χ3v) is 5.85. The molecule has 1 aliphatic heterocycles. The minimum Gasteiger partial charge on any atom is -0.324 e. The highest BCUT2D eigenvalue weighted by Gasteiger charge is 2.49. The number of nitrogens with one attached hydrogen (secondary N) is 2. The van der Waals surface area contributed by atoms with E-state index < -0.39 is 23.4 Å². The monoisotopic (exact) mass is 421 g/mol. The summed E-state index contributed by atoms with van der Waals surface area (Å²) >= 11 is 6.08. The van der Waals surface area contributed by atoms with Gasteiger partial charge in [-0.05, 0) is 53.9 Å². The van der Waals surface area contributed by atoms with Gasteiger partial charge >= 0.3 is 6.03 Å². The van der Waals surface area contributed by atoms with Gasteiger partial charge in [-0.25, -0.2) is 4.79 Å². The van der Waals surface area contributed by atoms with Gasteiger partial charge in [0.1, 0.15) is 12.1 Å². The van der Waals surface area contributed by atoms with E-state index >= 15 is 0 Å². The van der Waals surface area contributed by atoms with Gasteiger partial charge in [0.2, 0.25) is 5.91 Å². The number of carbonyl (C=O) groups is 3. The van der Waals surface area contributed by atoms with Crippen molar-refractivity contribution < 1.29 is 14.4 Å². The smallest absolute Gasteiger partial charge is 0.324 e. The Hall–Kier alpha value is -3.38. The molecule has 1 saturated heterocycles. The molecule has 0 aliphatic carbocycles. The van der Waals surface area contributed by atoms with Crippen LogP contribution < -0.4 is 10.6 Å². The van der Waals surface area contributed by atoms with Gasteiger partial charge in [0.25, 0.3) is 5.91 Å². The van der Waals surface area contributed by atoms with Crippen LogP contribution in [0.4, 0.5) is 10.5 Å². The molecule has 0 spiro atoms. The number of imide groups is 1. The van der Waals surface area contributed by atoms with Crippen LogP contribution in [0.25, 0.3) is 10.8 Å². The van der Waals surface area contributed by atoms with Crippen molar-refractivity contribution in [3.8, 4) is 0 Å². The summed E-state index contributed by atoms with van der Waals surface area (Å²) in [7, 11) is 0. The zero-order valence-electron chi connectivity index (χ0n) is 16.5. The second-order valence-electron chi connectivity index (χ2n) is 7.47. The fraction of sp³-hybridized carbons (Fsp3) is 0.174. The van der Waals surface area contributed by atoms with Gasteiger partial charge < -0.3 is 10.6 Å². The quantitative estimate of drug-likeness (QED) is 0.619. The second kappa shape index (κ2) is 7.46. The molecule has 0 saturated carbocycles. The van der Waals surface area contributed by atoms with E-state index in [1.807, 2.05) is 42.5 Å². The van der Waals surface area contributed by atoms with Gasteiger partial charge in [-0.3, -0.25) is 14.5 Å². The van der Waals surface area contributed by atoms with Crippen LogP contribution in [0, 0.1) is 6.92 Å². The second-order valence-corrected chi connectivity index (χ2v) is 7.88. The number of rotatable bonds is 4. The van der Waals surface area contributed by atoms with Gasteiger partial charge in [0.05, 0.1) is 0 Å². The van der Waals surface area contributed by atoms with Crippen LogP contribution in [-0.2, 0) is 15.1 Å². The highest BCUT2D eigenvalue weighted by atomic mass is 35.5. The number of urea groups is 1. The summed E-state index contributed by atoms with van der Waals surface area (Å²) < 4.78 is 0. The van der Waals surface area contributed by atoms with Crippen molar-refractivity contribution in [1.82, 2.24) is 10.2 Å². The van der Waals surface area contributed by atoms with E-state index in [-0.39, 0.29) is 6.54 Å². The molecule has 0 aromatic heterocycles. The summed E-state index contributed by atoms with van der Waals surface area (Å²) in [5.74, 6) is -0.952. The molecule has 4 rings (SSSR count). The van der Waals surface area contributed by atoms with E-state index in [9.17, 15) is 14.4 Å². The fourth-order valence-corrected chi connectivity index (χ4v) is 3.79. The molecule has 6 nitrogen and oxygen atoms in total. The number of benzene rings is 3. The number of nitrogens with zero attached hydrogens (tertiary/aromatic N) is 1. The predicted molar refractivity (Wildman–Crippen MR) is 116 cm³/mol. The zero-order valence-corrected chi connectivity index (χ0v) is 17.3. The number of carbonyl (C=O) groups excluding carboxylic acids is 3. The molecule has 1 fully saturated rings. The van der Waals surface area contributed by atoms with Gasteiger partial charge in [0.15, 0.2) is 0 Å². The van der Waals surface area contributed by atoms with Crippen molar-refractivity contribution in [2.45, 2.75) is 19.4 Å². The molecule has 152 valence electrons. The van der Waals surface area contributed by atoms with Crippen LogP contribution in [0.3, 0.4) is 0 Å². The maximum Gasteiger partial charge on any atom is 0.325 e. The Labute approximate surface area is 178 Å². The zero-order chi connectivity index (χ0) is 21.5. The molecule has 1 atom stereocenters. The van der Waals surface area contributed by atoms with Crippen molar-refractivity contribution in [3.05, 3.63) is 76.8 Å². The highest BCUT2D eigenvalue weighted by Crippen LogP contribution is 2.31. The fourth-order valence-electron chi connectivity index (χ4n) is 3.61. The Morgan fingerprint density at radius 1 is 1.07 bits per heavy atom. The van der Waals surface area contributed by atoms with Crippen molar-refractivity contribution in [1.29, 1.82) is 0 Å². The third kappa shape index (κ3) is 3.39. The van der Waals surface area contributed by atoms with Crippen LogP contribution in [0.15, 0.2) is 60.7 Å². The Bertz CT molecular complexity index is 1190. The summed E-state index contributed by atoms with van der Waals surface area (Å²) in [6.45, 7) is 3.04. The molecular weight excluding hydrogens is 402 g/mol. The lowest BCUT2D eigenvalue weighted by molar-refractivity contribution is -0.133. The van der Waals surface area contributed by atoms with Gasteiger partial charge in [-0.15, -0.1) is 0 Å². The van der Waals surface area contributed by atoms with Crippen LogP contribution >= 0.6 is 11.6 Å². The molecular formula is C23H20ClN3O3. The first kappa shape index (κ1) is 19.9. The van der Waals surface area contributed by atoms with Crippen LogP contribution in [0.1, 0.15) is 18.1 Å². The molecule has 1 heterocycles. The number of fused-ring (bicyclic) bond motifs is 1. The normalized spacial score (nSPS) is 18.6. The standard InChI is InChI=1S/C23H20ClN3O3/c1-14-18(24)8-5-9-19(14)25-20(28)13-27-21(29)23(2,26-22(27)30)17-11-10-15-6-3-4-7-16(15)12-17/h3-12H,13H2,1-2H3,(H,25,28)(H,26,30). The first-order valence-corrected chi connectivity index (χ1v) is 9.86. The molecule has 2 N–H and O–H groups in total. The molecule has 1 unspecified atom stereocenters. The maximum atomic E-state index is 13.1. The van der Waals surface area contributed by atoms with Gasteiger partial charge in [-0.1, -0.05) is 54.1 Å². The minimum absolute atomic E-state index is 0.389. The average molecular weight is 422 g/mol. The number of amides is 4. The lowest BCUT2D eigenvalue weighted by atomic mass is 9.90. The number of hydrogen-bond acceptors (Lipinski definition) is 3. The summed E-state index contributed by atoms with van der Waals surface area (Å²) in [6.07, 6.45) is 0. The van der Waals surface area contributed by atoms with Crippen LogP contribution in [-0.4, -0.2) is 29.3 Å². The minimum atomic E-state index is -1.24. The molecule has 7 heteroatoms. The van der Waals surface area contributed by atoms with Crippen molar-refractivity contribution >= 4 is 45.9 Å². The topological polar surface area (TPSA) is 78.5 Å². The molecule has 3 aromatic rings. The summed E-state index contributed by atoms with van der Waals surface area (Å²) in [5.41, 5.74) is 0.670. The molecule has 3 aromatic carbocycles. The number of halogens is 1. The van der Waals surface area contributed by atoms with Gasteiger partial charge in [-0.2, -0.15) is 0 Å². The van der Waals surface area contributed by atoms with E-state index in [4.69, 9.17) is 11.6 Å². The molecule has 0 radical (unpaired) electrons. The summed E-state index contributed by atoms with van der Waals surface area (Å²) in [4.78, 5) is 39.1. The molecule has 1 aliphatic rings. The molecule has 30 heavy (non-hydrogen) atoms. The largest absolute Gasteiger partial charge is 0.325 e. The predicted octanol–water partition coefficient (Wildman–Crippen LogP) is 4.21. The maximum absolute atomic E-state index is 13.1. The van der Waals surface area contributed by atoms with Crippen molar-refractivity contribution in [2.75, 3.05) is 11.9 Å². The summed E-state index contributed by atoms with van der Waals surface area (Å²) in [5, 5.41) is 7.97. The third-order valence-electron chi connectivity index (χ3n) is 5.45.